The van der Waals surface area contributed by atoms with Crippen LogP contribution in [0.5, 0.6) is 0 Å². The van der Waals surface area contributed by atoms with Crippen LogP contribution >= 0.6 is 0 Å². The molecule has 4 heteroatoms. The topological polar surface area (TPSA) is 49.8 Å². The van der Waals surface area contributed by atoms with Crippen molar-refractivity contribution in [2.75, 3.05) is 6.61 Å². The molecule has 3 atom stereocenters. The standard InChI is InChI=1S/C18H23NO3/c1-3-5-12-17-15(9-4-2)19(18(21)22-17)16(13-20)14-10-7-6-8-11-14/h3-4,6-8,10-11,15-17,20H,1-2,5,9,12-13H2/t15-,16+,17-/m0/s1. The predicted octanol–water partition coefficient (Wildman–Crippen LogP) is 3.45. The lowest BCUT2D eigenvalue weighted by molar-refractivity contribution is 0.114. The van der Waals surface area contributed by atoms with Crippen molar-refractivity contribution < 1.29 is 14.6 Å². The molecule has 0 radical (unpaired) electrons. The molecule has 1 heterocycles. The summed E-state index contributed by atoms with van der Waals surface area (Å²) in [6.07, 6.45) is 5.20. The van der Waals surface area contributed by atoms with Crippen molar-refractivity contribution in [3.63, 3.8) is 0 Å². The average Bonchev–Trinajstić information content (AvgIpc) is 2.84. The Morgan fingerprint density at radius 3 is 2.59 bits per heavy atom. The van der Waals surface area contributed by atoms with Crippen LogP contribution < -0.4 is 0 Å². The highest BCUT2D eigenvalue weighted by molar-refractivity contribution is 5.71. The van der Waals surface area contributed by atoms with E-state index in [-0.39, 0.29) is 24.8 Å². The SMILES string of the molecule is C=CCC[C@@H]1OC(=O)N([C@H](CO)c2ccccc2)[C@H]1CC=C. The van der Waals surface area contributed by atoms with E-state index in [1.165, 1.54) is 0 Å². The number of hydrogen-bond acceptors (Lipinski definition) is 3. The molecule has 1 aliphatic rings. The minimum atomic E-state index is -0.396. The van der Waals surface area contributed by atoms with Gasteiger partial charge in [-0.25, -0.2) is 4.79 Å². The number of carbonyl (C=O) groups excluding carboxylic acids is 1. The van der Waals surface area contributed by atoms with Crippen LogP contribution in [0.3, 0.4) is 0 Å². The Kier molecular flexibility index (Phi) is 5.78. The minimum absolute atomic E-state index is 0.109. The third kappa shape index (κ3) is 3.39. The number of amides is 1. The predicted molar refractivity (Wildman–Crippen MR) is 86.4 cm³/mol. The fraction of sp³-hybridized carbons (Fsp3) is 0.389. The number of benzene rings is 1. The van der Waals surface area contributed by atoms with Crippen molar-refractivity contribution >= 4 is 6.09 Å². The van der Waals surface area contributed by atoms with Gasteiger partial charge in [0.15, 0.2) is 0 Å². The Balaban J connectivity index is 2.26. The van der Waals surface area contributed by atoms with Crippen molar-refractivity contribution in [1.29, 1.82) is 0 Å². The number of hydrogen-bond donors (Lipinski definition) is 1. The molecule has 1 aromatic rings. The van der Waals surface area contributed by atoms with Crippen LogP contribution in [0.1, 0.15) is 30.9 Å². The van der Waals surface area contributed by atoms with E-state index in [4.69, 9.17) is 4.74 Å². The van der Waals surface area contributed by atoms with E-state index in [2.05, 4.69) is 13.2 Å². The second kappa shape index (κ2) is 7.80. The minimum Gasteiger partial charge on any atom is -0.444 e. The molecule has 1 N–H and O–H groups in total. The number of carbonyl (C=O) groups is 1. The van der Waals surface area contributed by atoms with E-state index in [9.17, 15) is 9.90 Å². The summed E-state index contributed by atoms with van der Waals surface area (Å²) in [5, 5.41) is 9.81. The van der Waals surface area contributed by atoms with Gasteiger partial charge in [-0.3, -0.25) is 4.90 Å². The fourth-order valence-electron chi connectivity index (χ4n) is 2.94. The zero-order valence-corrected chi connectivity index (χ0v) is 12.7. The summed E-state index contributed by atoms with van der Waals surface area (Å²) in [6, 6.07) is 9.03. The summed E-state index contributed by atoms with van der Waals surface area (Å²) in [5.41, 5.74) is 0.903. The highest BCUT2D eigenvalue weighted by Gasteiger charge is 2.44. The van der Waals surface area contributed by atoms with Gasteiger partial charge in [0.25, 0.3) is 0 Å². The van der Waals surface area contributed by atoms with Crippen LogP contribution in [-0.4, -0.2) is 34.9 Å². The summed E-state index contributed by atoms with van der Waals surface area (Å²) < 4.78 is 5.53. The molecule has 1 fully saturated rings. The quantitative estimate of drug-likeness (QED) is 0.748. The number of cyclic esters (lactones) is 1. The number of aliphatic hydroxyl groups excluding tert-OH is 1. The zero-order chi connectivity index (χ0) is 15.9. The monoisotopic (exact) mass is 301 g/mol. The van der Waals surface area contributed by atoms with Crippen molar-refractivity contribution in [3.8, 4) is 0 Å². The smallest absolute Gasteiger partial charge is 0.411 e. The van der Waals surface area contributed by atoms with Gasteiger partial charge < -0.3 is 9.84 Å². The van der Waals surface area contributed by atoms with Gasteiger partial charge in [-0.1, -0.05) is 42.5 Å². The molecule has 2 rings (SSSR count). The highest BCUT2D eigenvalue weighted by atomic mass is 16.6. The van der Waals surface area contributed by atoms with E-state index in [0.29, 0.717) is 6.42 Å². The van der Waals surface area contributed by atoms with Crippen LogP contribution in [0.2, 0.25) is 0 Å². The van der Waals surface area contributed by atoms with Crippen molar-refractivity contribution in [2.45, 2.75) is 37.5 Å². The first-order valence-corrected chi connectivity index (χ1v) is 7.59. The maximum absolute atomic E-state index is 12.3. The number of aliphatic hydroxyl groups is 1. The lowest BCUT2D eigenvalue weighted by Crippen LogP contribution is -2.40. The molecular formula is C18H23NO3. The molecule has 1 saturated heterocycles. The van der Waals surface area contributed by atoms with E-state index in [1.807, 2.05) is 36.4 Å². The summed E-state index contributed by atoms with van der Waals surface area (Å²) in [6.45, 7) is 7.36. The fourth-order valence-corrected chi connectivity index (χ4v) is 2.94. The number of nitrogens with zero attached hydrogens (tertiary/aromatic N) is 1. The van der Waals surface area contributed by atoms with Crippen LogP contribution in [0.4, 0.5) is 4.79 Å². The van der Waals surface area contributed by atoms with Crippen LogP contribution in [0, 0.1) is 0 Å². The summed E-state index contributed by atoms with van der Waals surface area (Å²) in [4.78, 5) is 14.0. The molecular weight excluding hydrogens is 278 g/mol. The van der Waals surface area contributed by atoms with Crippen molar-refractivity contribution in [1.82, 2.24) is 4.90 Å². The normalized spacial score (nSPS) is 22.2. The number of ether oxygens (including phenoxy) is 1. The maximum Gasteiger partial charge on any atom is 0.411 e. The highest BCUT2D eigenvalue weighted by Crippen LogP contribution is 2.33. The third-order valence-corrected chi connectivity index (χ3v) is 4.01. The van der Waals surface area contributed by atoms with Gasteiger partial charge in [-0.15, -0.1) is 13.2 Å². The molecule has 1 amide bonds. The van der Waals surface area contributed by atoms with Crippen LogP contribution in [0.15, 0.2) is 55.6 Å². The van der Waals surface area contributed by atoms with E-state index in [1.54, 1.807) is 11.0 Å². The first kappa shape index (κ1) is 16.3. The Bertz CT molecular complexity index is 514. The molecule has 0 unspecified atom stereocenters. The molecule has 4 nitrogen and oxygen atoms in total. The Morgan fingerprint density at radius 1 is 1.27 bits per heavy atom. The molecule has 22 heavy (non-hydrogen) atoms. The molecule has 118 valence electrons. The van der Waals surface area contributed by atoms with Gasteiger partial charge in [-0.2, -0.15) is 0 Å². The van der Waals surface area contributed by atoms with Gasteiger partial charge in [0.05, 0.1) is 18.7 Å². The molecule has 0 bridgehead atoms. The largest absolute Gasteiger partial charge is 0.444 e. The Hall–Kier alpha value is -2.07. The van der Waals surface area contributed by atoms with Crippen LogP contribution in [-0.2, 0) is 4.74 Å². The molecule has 1 aromatic carbocycles. The van der Waals surface area contributed by atoms with Gasteiger partial charge in [0.2, 0.25) is 0 Å². The molecule has 0 aromatic heterocycles. The summed E-state index contributed by atoms with van der Waals surface area (Å²) in [7, 11) is 0. The second-order valence-corrected chi connectivity index (χ2v) is 5.40. The number of allylic oxidation sites excluding steroid dienone is 1. The molecule has 0 spiro atoms. The van der Waals surface area contributed by atoms with E-state index in [0.717, 1.165) is 18.4 Å². The maximum atomic E-state index is 12.3. The average molecular weight is 301 g/mol. The molecule has 1 aliphatic heterocycles. The second-order valence-electron chi connectivity index (χ2n) is 5.40. The van der Waals surface area contributed by atoms with Gasteiger partial charge in [0.1, 0.15) is 6.10 Å². The van der Waals surface area contributed by atoms with Gasteiger partial charge in [0, 0.05) is 0 Å². The Morgan fingerprint density at radius 2 is 2.00 bits per heavy atom. The zero-order valence-electron chi connectivity index (χ0n) is 12.7. The van der Waals surface area contributed by atoms with E-state index >= 15 is 0 Å². The lowest BCUT2D eigenvalue weighted by atomic mass is 9.98. The van der Waals surface area contributed by atoms with Crippen molar-refractivity contribution in [3.05, 3.63) is 61.2 Å². The van der Waals surface area contributed by atoms with Crippen molar-refractivity contribution in [2.24, 2.45) is 0 Å². The summed E-state index contributed by atoms with van der Waals surface area (Å²) in [5.74, 6) is 0. The first-order chi connectivity index (χ1) is 10.7. The first-order valence-electron chi connectivity index (χ1n) is 7.59. The molecule has 0 aliphatic carbocycles. The van der Waals surface area contributed by atoms with Crippen LogP contribution in [0.25, 0.3) is 0 Å². The Labute approximate surface area is 131 Å². The van der Waals surface area contributed by atoms with Gasteiger partial charge >= 0.3 is 6.09 Å². The lowest BCUT2D eigenvalue weighted by Gasteiger charge is -2.30. The number of rotatable bonds is 8. The summed E-state index contributed by atoms with van der Waals surface area (Å²) >= 11 is 0. The van der Waals surface area contributed by atoms with Gasteiger partial charge in [-0.05, 0) is 24.8 Å². The van der Waals surface area contributed by atoms with E-state index < -0.39 is 6.04 Å². The molecule has 0 saturated carbocycles. The third-order valence-electron chi connectivity index (χ3n) is 4.01.